The van der Waals surface area contributed by atoms with Crippen LogP contribution in [0.15, 0.2) is 67.0 Å². The monoisotopic (exact) mass is 568 g/mol. The third-order valence-electron chi connectivity index (χ3n) is 6.38. The summed E-state index contributed by atoms with van der Waals surface area (Å²) < 4.78 is 0. The van der Waals surface area contributed by atoms with Crippen molar-refractivity contribution in [1.29, 1.82) is 0 Å². The molecule has 11 heteroatoms. The van der Waals surface area contributed by atoms with Crippen LogP contribution in [-0.2, 0) is 9.59 Å². The second kappa shape index (κ2) is 12.3. The molecule has 2 aromatic carbocycles. The van der Waals surface area contributed by atoms with Crippen molar-refractivity contribution < 1.29 is 24.3 Å². The number of carboxylic acid groups (broad SMARTS) is 1. The van der Waals surface area contributed by atoms with Crippen LogP contribution in [-0.4, -0.2) is 62.8 Å². The third kappa shape index (κ3) is 6.55. The van der Waals surface area contributed by atoms with Gasteiger partial charge in [-0.05, 0) is 49.2 Å². The predicted octanol–water partition coefficient (Wildman–Crippen LogP) is 4.34. The quantitative estimate of drug-likeness (QED) is 0.437. The standard InChI is InChI=1S/C28H26Cl2N4O5/c1-17-4-2-5-19(14-17)23(16-24(35)36)32-25(37)26-33(27(38)18-8-10-31-11-9-18)12-3-13-34(26)28(39)20-6-7-21(29)22(30)15-20/h2,4-11,14-15,23,26H,3,12-13,16H2,1H3,(H,32,37)(H,35,36). The molecule has 1 saturated heterocycles. The topological polar surface area (TPSA) is 120 Å². The molecule has 2 heterocycles. The fourth-order valence-corrected chi connectivity index (χ4v) is 4.85. The Hall–Kier alpha value is -3.95. The highest BCUT2D eigenvalue weighted by Gasteiger charge is 2.41. The van der Waals surface area contributed by atoms with Gasteiger partial charge in [-0.2, -0.15) is 0 Å². The molecule has 2 atom stereocenters. The summed E-state index contributed by atoms with van der Waals surface area (Å²) in [7, 11) is 0. The lowest BCUT2D eigenvalue weighted by Crippen LogP contribution is -2.63. The van der Waals surface area contributed by atoms with Gasteiger partial charge in [0.1, 0.15) is 0 Å². The Labute approximate surface area is 235 Å². The molecule has 202 valence electrons. The van der Waals surface area contributed by atoms with E-state index in [2.05, 4.69) is 10.3 Å². The summed E-state index contributed by atoms with van der Waals surface area (Å²) in [6.07, 6.45) is 1.62. The number of aliphatic carboxylic acids is 1. The molecule has 0 saturated carbocycles. The molecule has 39 heavy (non-hydrogen) atoms. The van der Waals surface area contributed by atoms with Crippen molar-refractivity contribution in [2.24, 2.45) is 0 Å². The first kappa shape index (κ1) is 28.1. The highest BCUT2D eigenvalue weighted by atomic mass is 35.5. The molecule has 2 N–H and O–H groups in total. The first-order valence-electron chi connectivity index (χ1n) is 12.2. The SMILES string of the molecule is Cc1cccc(C(CC(=O)O)NC(=O)C2N(C(=O)c3ccncc3)CCCN2C(=O)c2ccc(Cl)c(Cl)c2)c1. The van der Waals surface area contributed by atoms with E-state index in [-0.39, 0.29) is 35.1 Å². The van der Waals surface area contributed by atoms with Gasteiger partial charge in [-0.3, -0.25) is 24.2 Å². The lowest BCUT2D eigenvalue weighted by atomic mass is 10.0. The predicted molar refractivity (Wildman–Crippen MR) is 145 cm³/mol. The Morgan fingerprint density at radius 1 is 0.949 bits per heavy atom. The number of amides is 3. The summed E-state index contributed by atoms with van der Waals surface area (Å²) >= 11 is 12.2. The average Bonchev–Trinajstić information content (AvgIpc) is 2.93. The Kier molecular flexibility index (Phi) is 8.83. The highest BCUT2D eigenvalue weighted by molar-refractivity contribution is 6.42. The van der Waals surface area contributed by atoms with E-state index in [0.717, 1.165) is 5.56 Å². The highest BCUT2D eigenvalue weighted by Crippen LogP contribution is 2.27. The minimum absolute atomic E-state index is 0.172. The molecule has 3 aromatic rings. The van der Waals surface area contributed by atoms with E-state index < -0.39 is 35.9 Å². The first-order chi connectivity index (χ1) is 18.7. The molecule has 1 fully saturated rings. The maximum absolute atomic E-state index is 13.9. The van der Waals surface area contributed by atoms with Gasteiger partial charge in [-0.25, -0.2) is 0 Å². The van der Waals surface area contributed by atoms with Gasteiger partial charge < -0.3 is 20.2 Å². The van der Waals surface area contributed by atoms with E-state index >= 15 is 0 Å². The number of halogens is 2. The minimum atomic E-state index is -1.34. The second-order valence-corrected chi connectivity index (χ2v) is 9.98. The van der Waals surface area contributed by atoms with Crippen molar-refractivity contribution in [3.05, 3.63) is 99.3 Å². The van der Waals surface area contributed by atoms with Gasteiger partial charge in [0.15, 0.2) is 6.17 Å². The van der Waals surface area contributed by atoms with Gasteiger partial charge in [-0.15, -0.1) is 0 Å². The van der Waals surface area contributed by atoms with Crippen molar-refractivity contribution in [2.75, 3.05) is 13.1 Å². The smallest absolute Gasteiger partial charge is 0.305 e. The van der Waals surface area contributed by atoms with Crippen molar-refractivity contribution in [2.45, 2.75) is 32.0 Å². The van der Waals surface area contributed by atoms with Crippen LogP contribution < -0.4 is 5.32 Å². The third-order valence-corrected chi connectivity index (χ3v) is 7.12. The van der Waals surface area contributed by atoms with Crippen LogP contribution >= 0.6 is 23.2 Å². The molecule has 1 aliphatic heterocycles. The van der Waals surface area contributed by atoms with E-state index in [1.165, 1.54) is 52.5 Å². The summed E-state index contributed by atoms with van der Waals surface area (Å²) in [4.78, 5) is 59.4. The number of hydrogen-bond acceptors (Lipinski definition) is 5. The molecule has 1 aromatic heterocycles. The molecule has 9 nitrogen and oxygen atoms in total. The van der Waals surface area contributed by atoms with Gasteiger partial charge >= 0.3 is 5.97 Å². The van der Waals surface area contributed by atoms with Crippen LogP contribution in [0.4, 0.5) is 0 Å². The number of hydrogen-bond donors (Lipinski definition) is 2. The number of carboxylic acids is 1. The van der Waals surface area contributed by atoms with Crippen LogP contribution in [0.3, 0.4) is 0 Å². The molecule has 0 radical (unpaired) electrons. The van der Waals surface area contributed by atoms with Gasteiger partial charge in [0, 0.05) is 36.6 Å². The molecule has 0 aliphatic carbocycles. The number of rotatable bonds is 7. The number of carbonyl (C=O) groups excluding carboxylic acids is 3. The van der Waals surface area contributed by atoms with E-state index in [4.69, 9.17) is 23.2 Å². The fraction of sp³-hybridized carbons (Fsp3) is 0.250. The van der Waals surface area contributed by atoms with Crippen LogP contribution in [0.1, 0.15) is 50.7 Å². The molecular weight excluding hydrogens is 543 g/mol. The fourth-order valence-electron chi connectivity index (χ4n) is 4.55. The van der Waals surface area contributed by atoms with E-state index in [1.54, 1.807) is 18.2 Å². The Bertz CT molecular complexity index is 1400. The molecular formula is C28H26Cl2N4O5. The van der Waals surface area contributed by atoms with Crippen molar-refractivity contribution >= 4 is 46.9 Å². The van der Waals surface area contributed by atoms with Crippen molar-refractivity contribution in [3.63, 3.8) is 0 Å². The summed E-state index contributed by atoms with van der Waals surface area (Å²) in [5.74, 6) is -2.78. The maximum Gasteiger partial charge on any atom is 0.305 e. The Morgan fingerprint density at radius 2 is 1.62 bits per heavy atom. The normalized spacial score (nSPS) is 15.9. The Balaban J connectivity index is 1.72. The van der Waals surface area contributed by atoms with Gasteiger partial charge in [0.05, 0.1) is 22.5 Å². The second-order valence-electron chi connectivity index (χ2n) is 9.16. The lowest BCUT2D eigenvalue weighted by molar-refractivity contribution is -0.138. The molecule has 2 unspecified atom stereocenters. The minimum Gasteiger partial charge on any atom is -0.481 e. The van der Waals surface area contributed by atoms with E-state index in [1.807, 2.05) is 13.0 Å². The van der Waals surface area contributed by atoms with E-state index in [0.29, 0.717) is 17.5 Å². The summed E-state index contributed by atoms with van der Waals surface area (Å²) in [5, 5.41) is 12.8. The lowest BCUT2D eigenvalue weighted by Gasteiger charge is -2.43. The zero-order valence-corrected chi connectivity index (χ0v) is 22.5. The van der Waals surface area contributed by atoms with Crippen molar-refractivity contribution in [3.8, 4) is 0 Å². The van der Waals surface area contributed by atoms with Crippen LogP contribution in [0.25, 0.3) is 0 Å². The molecule has 4 rings (SSSR count). The zero-order valence-electron chi connectivity index (χ0n) is 21.0. The number of aryl methyl sites for hydroxylation is 1. The molecule has 0 bridgehead atoms. The number of nitrogens with one attached hydrogen (secondary N) is 1. The molecule has 3 amide bonds. The van der Waals surface area contributed by atoms with Crippen molar-refractivity contribution in [1.82, 2.24) is 20.1 Å². The Morgan fingerprint density at radius 3 is 2.23 bits per heavy atom. The average molecular weight is 569 g/mol. The number of nitrogens with zero attached hydrogens (tertiary/aromatic N) is 3. The largest absolute Gasteiger partial charge is 0.481 e. The number of benzene rings is 2. The van der Waals surface area contributed by atoms with E-state index in [9.17, 15) is 24.3 Å². The van der Waals surface area contributed by atoms with Gasteiger partial charge in [0.2, 0.25) is 0 Å². The molecule has 0 spiro atoms. The summed E-state index contributed by atoms with van der Waals surface area (Å²) in [5.41, 5.74) is 1.98. The number of pyridine rings is 1. The van der Waals surface area contributed by atoms with Crippen LogP contribution in [0, 0.1) is 6.92 Å². The summed E-state index contributed by atoms with van der Waals surface area (Å²) in [6, 6.07) is 13.7. The number of carbonyl (C=O) groups is 4. The maximum atomic E-state index is 13.9. The first-order valence-corrected chi connectivity index (χ1v) is 13.0. The molecule has 1 aliphatic rings. The summed E-state index contributed by atoms with van der Waals surface area (Å²) in [6.45, 7) is 2.25. The van der Waals surface area contributed by atoms with Gasteiger partial charge in [-0.1, -0.05) is 53.0 Å². The number of aromatic nitrogens is 1. The zero-order chi connectivity index (χ0) is 28.1. The van der Waals surface area contributed by atoms with Gasteiger partial charge in [0.25, 0.3) is 17.7 Å². The van der Waals surface area contributed by atoms with Crippen LogP contribution in [0.5, 0.6) is 0 Å². The van der Waals surface area contributed by atoms with Crippen LogP contribution in [0.2, 0.25) is 10.0 Å².